The summed E-state index contributed by atoms with van der Waals surface area (Å²) in [5, 5.41) is 12.4. The van der Waals surface area contributed by atoms with E-state index in [0.717, 1.165) is 18.7 Å². The van der Waals surface area contributed by atoms with Crippen LogP contribution in [0.15, 0.2) is 42.7 Å². The Morgan fingerprint density at radius 2 is 2.05 bits per heavy atom. The Balaban J connectivity index is 1.70. The highest BCUT2D eigenvalue weighted by molar-refractivity contribution is 6.02. The minimum Gasteiger partial charge on any atom is -0.378 e. The summed E-state index contributed by atoms with van der Waals surface area (Å²) in [5.41, 5.74) is 3.59. The van der Waals surface area contributed by atoms with Crippen LogP contribution in [-0.4, -0.2) is 29.6 Å². The van der Waals surface area contributed by atoms with E-state index in [1.165, 1.54) is 5.56 Å². The third kappa shape index (κ3) is 2.73. The number of likely N-dealkylation sites (N-methyl/N-ethyl adjacent to an activating group) is 1. The number of carbonyl (C=O) groups excluding carboxylic acids is 1. The number of fused-ring (bicyclic) bond motifs is 1. The number of aromatic nitrogens is 1. The summed E-state index contributed by atoms with van der Waals surface area (Å²) in [4.78, 5) is 17.6. The van der Waals surface area contributed by atoms with E-state index < -0.39 is 6.10 Å². The first-order valence-corrected chi connectivity index (χ1v) is 6.88. The molecular formula is C16H17N3O2. The van der Waals surface area contributed by atoms with Crippen molar-refractivity contribution >= 4 is 17.3 Å². The number of nitrogens with one attached hydrogen (secondary N) is 1. The number of hydrogen-bond donors (Lipinski definition) is 2. The van der Waals surface area contributed by atoms with Crippen LogP contribution in [0.5, 0.6) is 0 Å². The number of aliphatic hydroxyl groups excluding tert-OH is 1. The molecule has 3 rings (SSSR count). The van der Waals surface area contributed by atoms with Crippen LogP contribution in [0.4, 0.5) is 11.4 Å². The molecule has 5 heteroatoms. The van der Waals surface area contributed by atoms with Gasteiger partial charge < -0.3 is 15.3 Å². The molecule has 0 radical (unpaired) electrons. The van der Waals surface area contributed by atoms with Crippen LogP contribution in [0.25, 0.3) is 0 Å². The molecule has 1 atom stereocenters. The average molecular weight is 283 g/mol. The van der Waals surface area contributed by atoms with Crippen LogP contribution in [-0.2, 0) is 11.2 Å². The predicted molar refractivity (Wildman–Crippen MR) is 81.2 cm³/mol. The maximum atomic E-state index is 11.4. The lowest BCUT2D eigenvalue weighted by molar-refractivity contribution is -0.123. The molecule has 0 saturated carbocycles. The van der Waals surface area contributed by atoms with Gasteiger partial charge in [0.05, 0.1) is 0 Å². The Hall–Kier alpha value is -2.40. The second-order valence-corrected chi connectivity index (χ2v) is 5.19. The first-order chi connectivity index (χ1) is 10.1. The number of anilines is 2. The normalized spacial score (nSPS) is 16.5. The highest BCUT2D eigenvalue weighted by Gasteiger charge is 2.28. The Morgan fingerprint density at radius 3 is 2.81 bits per heavy atom. The summed E-state index contributed by atoms with van der Waals surface area (Å²) in [6, 6.07) is 9.64. The summed E-state index contributed by atoms with van der Waals surface area (Å²) < 4.78 is 0. The first-order valence-electron chi connectivity index (χ1n) is 6.88. The van der Waals surface area contributed by atoms with Gasteiger partial charge in [-0.15, -0.1) is 0 Å². The zero-order chi connectivity index (χ0) is 14.8. The van der Waals surface area contributed by atoms with Crippen LogP contribution < -0.4 is 10.2 Å². The van der Waals surface area contributed by atoms with E-state index >= 15 is 0 Å². The lowest BCUT2D eigenvalue weighted by atomic mass is 10.1. The summed E-state index contributed by atoms with van der Waals surface area (Å²) in [7, 11) is 2.01. The third-order valence-corrected chi connectivity index (χ3v) is 3.76. The number of aliphatic hydroxyl groups is 1. The fourth-order valence-electron chi connectivity index (χ4n) is 2.45. The maximum Gasteiger partial charge on any atom is 0.257 e. The van der Waals surface area contributed by atoms with Crippen LogP contribution in [0.1, 0.15) is 17.2 Å². The molecule has 21 heavy (non-hydrogen) atoms. The second-order valence-electron chi connectivity index (χ2n) is 5.19. The number of rotatable bonds is 4. The van der Waals surface area contributed by atoms with Crippen molar-refractivity contribution in [1.29, 1.82) is 0 Å². The van der Waals surface area contributed by atoms with E-state index in [-0.39, 0.29) is 5.91 Å². The molecule has 1 aromatic heterocycles. The van der Waals surface area contributed by atoms with Gasteiger partial charge in [-0.25, -0.2) is 0 Å². The SMILES string of the molecule is CN(CCc1ccncc1)c1ccc2c(c1)NC(=O)C2O. The summed E-state index contributed by atoms with van der Waals surface area (Å²) in [6.07, 6.45) is 3.46. The molecule has 0 spiro atoms. The molecule has 1 aliphatic heterocycles. The maximum absolute atomic E-state index is 11.4. The number of benzene rings is 1. The lowest BCUT2D eigenvalue weighted by Gasteiger charge is -2.20. The molecule has 1 amide bonds. The van der Waals surface area contributed by atoms with Gasteiger partial charge >= 0.3 is 0 Å². The van der Waals surface area contributed by atoms with Crippen molar-refractivity contribution in [3.8, 4) is 0 Å². The van der Waals surface area contributed by atoms with Gasteiger partial charge in [0, 0.05) is 42.9 Å². The number of nitrogens with zero attached hydrogens (tertiary/aromatic N) is 2. The molecule has 1 unspecified atom stereocenters. The van der Waals surface area contributed by atoms with E-state index in [2.05, 4.69) is 15.2 Å². The number of carbonyl (C=O) groups is 1. The molecule has 5 nitrogen and oxygen atoms in total. The van der Waals surface area contributed by atoms with E-state index in [1.54, 1.807) is 18.5 Å². The highest BCUT2D eigenvalue weighted by Crippen LogP contribution is 2.33. The van der Waals surface area contributed by atoms with Gasteiger partial charge in [0.1, 0.15) is 0 Å². The van der Waals surface area contributed by atoms with E-state index in [1.807, 2.05) is 31.3 Å². The zero-order valence-electron chi connectivity index (χ0n) is 11.8. The van der Waals surface area contributed by atoms with Crippen molar-refractivity contribution < 1.29 is 9.90 Å². The molecule has 0 bridgehead atoms. The minimum atomic E-state index is -1.05. The van der Waals surface area contributed by atoms with Crippen molar-refractivity contribution in [2.24, 2.45) is 0 Å². The lowest BCUT2D eigenvalue weighted by Crippen LogP contribution is -2.20. The molecule has 1 aromatic carbocycles. The Labute approximate surface area is 123 Å². The summed E-state index contributed by atoms with van der Waals surface area (Å²) >= 11 is 0. The Bertz CT molecular complexity index is 658. The number of hydrogen-bond acceptors (Lipinski definition) is 4. The van der Waals surface area contributed by atoms with E-state index in [9.17, 15) is 9.90 Å². The highest BCUT2D eigenvalue weighted by atomic mass is 16.3. The molecule has 0 saturated heterocycles. The van der Waals surface area contributed by atoms with Gasteiger partial charge in [-0.3, -0.25) is 9.78 Å². The second kappa shape index (κ2) is 5.54. The third-order valence-electron chi connectivity index (χ3n) is 3.76. The quantitative estimate of drug-likeness (QED) is 0.897. The van der Waals surface area contributed by atoms with E-state index in [0.29, 0.717) is 11.3 Å². The van der Waals surface area contributed by atoms with Crippen LogP contribution in [0.2, 0.25) is 0 Å². The molecule has 2 N–H and O–H groups in total. The van der Waals surface area contributed by atoms with Crippen molar-refractivity contribution in [3.63, 3.8) is 0 Å². The van der Waals surface area contributed by atoms with Crippen molar-refractivity contribution in [1.82, 2.24) is 4.98 Å². The first kappa shape index (κ1) is 13.6. The van der Waals surface area contributed by atoms with Crippen LogP contribution >= 0.6 is 0 Å². The fourth-order valence-corrected chi connectivity index (χ4v) is 2.45. The molecule has 0 fully saturated rings. The van der Waals surface area contributed by atoms with Crippen molar-refractivity contribution in [3.05, 3.63) is 53.9 Å². The van der Waals surface area contributed by atoms with Gasteiger partial charge in [0.2, 0.25) is 0 Å². The molecule has 108 valence electrons. The monoisotopic (exact) mass is 283 g/mol. The van der Waals surface area contributed by atoms with Gasteiger partial charge in [0.25, 0.3) is 5.91 Å². The zero-order valence-corrected chi connectivity index (χ0v) is 11.8. The topological polar surface area (TPSA) is 65.5 Å². The van der Waals surface area contributed by atoms with Crippen molar-refractivity contribution in [2.75, 3.05) is 23.8 Å². The number of pyridine rings is 1. The molecule has 1 aliphatic rings. The Kier molecular flexibility index (Phi) is 3.58. The molecule has 0 aliphatic carbocycles. The average Bonchev–Trinajstić information content (AvgIpc) is 2.80. The van der Waals surface area contributed by atoms with Gasteiger partial charge in [-0.2, -0.15) is 0 Å². The fraction of sp³-hybridized carbons (Fsp3) is 0.250. The Morgan fingerprint density at radius 1 is 1.29 bits per heavy atom. The molecule has 2 aromatic rings. The minimum absolute atomic E-state index is 0.360. The van der Waals surface area contributed by atoms with Gasteiger partial charge in [-0.1, -0.05) is 6.07 Å². The smallest absolute Gasteiger partial charge is 0.257 e. The molecular weight excluding hydrogens is 266 g/mol. The largest absolute Gasteiger partial charge is 0.378 e. The standard InChI is InChI=1S/C16H17N3O2/c1-19(9-6-11-4-7-17-8-5-11)12-2-3-13-14(10-12)18-16(21)15(13)20/h2-5,7-8,10,15,20H,6,9H2,1H3,(H,18,21). The summed E-state index contributed by atoms with van der Waals surface area (Å²) in [5.74, 6) is -0.360. The number of amides is 1. The summed E-state index contributed by atoms with van der Waals surface area (Å²) in [6.45, 7) is 0.860. The molecule has 2 heterocycles. The van der Waals surface area contributed by atoms with Gasteiger partial charge in [-0.05, 0) is 36.2 Å². The van der Waals surface area contributed by atoms with E-state index in [4.69, 9.17) is 0 Å². The van der Waals surface area contributed by atoms with Crippen molar-refractivity contribution in [2.45, 2.75) is 12.5 Å². The van der Waals surface area contributed by atoms with Crippen LogP contribution in [0.3, 0.4) is 0 Å². The van der Waals surface area contributed by atoms with Crippen LogP contribution in [0, 0.1) is 0 Å². The van der Waals surface area contributed by atoms with Gasteiger partial charge in [0.15, 0.2) is 6.10 Å². The predicted octanol–water partition coefficient (Wildman–Crippen LogP) is 1.75.